The van der Waals surface area contributed by atoms with Gasteiger partial charge < -0.3 is 9.64 Å². The van der Waals surface area contributed by atoms with Crippen molar-refractivity contribution in [1.82, 2.24) is 4.90 Å². The molecule has 0 bridgehead atoms. The molecule has 0 spiro atoms. The molecule has 1 saturated carbocycles. The highest BCUT2D eigenvalue weighted by atomic mass is 32.2. The lowest BCUT2D eigenvalue weighted by Crippen LogP contribution is -2.48. The number of carbonyl (C=O) groups excluding carboxylic acids is 2. The number of halogens is 1. The SMILES string of the molecule is COC(=O)C[C@@H]1CSCCN1C(=O)[C@@H]1C[C@H]1c1ccc(F)cc1. The first-order chi connectivity index (χ1) is 11.1. The van der Waals surface area contributed by atoms with E-state index in [1.54, 1.807) is 23.9 Å². The molecule has 23 heavy (non-hydrogen) atoms. The van der Waals surface area contributed by atoms with Crippen molar-refractivity contribution in [3.05, 3.63) is 35.6 Å². The van der Waals surface area contributed by atoms with Gasteiger partial charge in [-0.05, 0) is 30.0 Å². The molecule has 6 heteroatoms. The zero-order valence-electron chi connectivity index (χ0n) is 13.0. The minimum absolute atomic E-state index is 0.0382. The van der Waals surface area contributed by atoms with Crippen LogP contribution in [0.5, 0.6) is 0 Å². The van der Waals surface area contributed by atoms with E-state index in [1.165, 1.54) is 19.2 Å². The van der Waals surface area contributed by atoms with E-state index in [0.717, 1.165) is 23.5 Å². The van der Waals surface area contributed by atoms with Crippen LogP contribution in [0, 0.1) is 11.7 Å². The predicted octanol–water partition coefficient (Wildman–Crippen LogP) is 2.44. The summed E-state index contributed by atoms with van der Waals surface area (Å²) >= 11 is 1.76. The van der Waals surface area contributed by atoms with Crippen molar-refractivity contribution in [2.24, 2.45) is 5.92 Å². The topological polar surface area (TPSA) is 46.6 Å². The van der Waals surface area contributed by atoms with Crippen molar-refractivity contribution in [1.29, 1.82) is 0 Å². The highest BCUT2D eigenvalue weighted by molar-refractivity contribution is 7.99. The van der Waals surface area contributed by atoms with Crippen LogP contribution in [0.4, 0.5) is 4.39 Å². The van der Waals surface area contributed by atoms with Gasteiger partial charge in [-0.2, -0.15) is 11.8 Å². The van der Waals surface area contributed by atoms with Crippen molar-refractivity contribution in [2.75, 3.05) is 25.2 Å². The maximum Gasteiger partial charge on any atom is 0.307 e. The molecule has 124 valence electrons. The lowest BCUT2D eigenvalue weighted by molar-refractivity contribution is -0.143. The fourth-order valence-corrected chi connectivity index (χ4v) is 4.21. The van der Waals surface area contributed by atoms with Crippen LogP contribution < -0.4 is 0 Å². The minimum atomic E-state index is -0.277. The molecule has 0 N–H and O–H groups in total. The second kappa shape index (κ2) is 6.91. The van der Waals surface area contributed by atoms with E-state index >= 15 is 0 Å². The first-order valence-electron chi connectivity index (χ1n) is 7.80. The molecule has 4 nitrogen and oxygen atoms in total. The second-order valence-corrected chi connectivity index (χ2v) is 7.19. The lowest BCUT2D eigenvalue weighted by atomic mass is 10.1. The van der Waals surface area contributed by atoms with E-state index in [2.05, 4.69) is 0 Å². The Morgan fingerprint density at radius 3 is 2.78 bits per heavy atom. The van der Waals surface area contributed by atoms with Crippen LogP contribution in [-0.2, 0) is 14.3 Å². The van der Waals surface area contributed by atoms with Crippen molar-refractivity contribution in [3.63, 3.8) is 0 Å². The second-order valence-electron chi connectivity index (χ2n) is 6.04. The third-order valence-corrected chi connectivity index (χ3v) is 5.64. The van der Waals surface area contributed by atoms with Gasteiger partial charge in [0.2, 0.25) is 5.91 Å². The number of amides is 1. The van der Waals surface area contributed by atoms with E-state index in [1.807, 2.05) is 4.90 Å². The number of carbonyl (C=O) groups is 2. The van der Waals surface area contributed by atoms with Gasteiger partial charge in [0.15, 0.2) is 0 Å². The fraction of sp³-hybridized carbons (Fsp3) is 0.529. The van der Waals surface area contributed by atoms with Gasteiger partial charge in [-0.25, -0.2) is 4.39 Å². The Bertz CT molecular complexity index is 592. The fourth-order valence-electron chi connectivity index (χ4n) is 3.15. The van der Waals surface area contributed by atoms with Crippen molar-refractivity contribution in [2.45, 2.75) is 24.8 Å². The van der Waals surface area contributed by atoms with Crippen molar-refractivity contribution < 1.29 is 18.7 Å². The summed E-state index contributed by atoms with van der Waals surface area (Å²) in [4.78, 5) is 26.2. The number of ether oxygens (including phenoxy) is 1. The van der Waals surface area contributed by atoms with Gasteiger partial charge in [-0.1, -0.05) is 12.1 Å². The smallest absolute Gasteiger partial charge is 0.307 e. The molecule has 1 aliphatic heterocycles. The van der Waals surface area contributed by atoms with Crippen molar-refractivity contribution in [3.8, 4) is 0 Å². The molecule has 2 aliphatic rings. The Kier molecular flexibility index (Phi) is 4.90. The maximum atomic E-state index is 13.0. The Morgan fingerprint density at radius 1 is 1.35 bits per heavy atom. The van der Waals surface area contributed by atoms with Gasteiger partial charge in [0.25, 0.3) is 0 Å². The number of thioether (sulfide) groups is 1. The molecule has 1 aromatic rings. The molecule has 0 aromatic heterocycles. The molecule has 3 rings (SSSR count). The summed E-state index contributed by atoms with van der Waals surface area (Å²) in [6, 6.07) is 6.30. The minimum Gasteiger partial charge on any atom is -0.469 e. The number of benzene rings is 1. The molecule has 0 unspecified atom stereocenters. The van der Waals surface area contributed by atoms with Crippen LogP contribution in [0.1, 0.15) is 24.3 Å². The lowest BCUT2D eigenvalue weighted by Gasteiger charge is -2.35. The normalized spacial score (nSPS) is 26.7. The number of rotatable bonds is 4. The molecule has 1 saturated heterocycles. The van der Waals surface area contributed by atoms with Crippen LogP contribution >= 0.6 is 11.8 Å². The van der Waals surface area contributed by atoms with Crippen LogP contribution in [0.25, 0.3) is 0 Å². The molecule has 1 heterocycles. The molecule has 3 atom stereocenters. The molecule has 0 radical (unpaired) electrons. The number of nitrogens with zero attached hydrogens (tertiary/aromatic N) is 1. The van der Waals surface area contributed by atoms with Gasteiger partial charge in [-0.15, -0.1) is 0 Å². The molecule has 1 aromatic carbocycles. The van der Waals surface area contributed by atoms with Crippen LogP contribution in [-0.4, -0.2) is 48.0 Å². The van der Waals surface area contributed by atoms with E-state index < -0.39 is 0 Å². The predicted molar refractivity (Wildman–Crippen MR) is 86.7 cm³/mol. The monoisotopic (exact) mass is 337 g/mol. The van der Waals surface area contributed by atoms with E-state index in [4.69, 9.17) is 4.74 Å². The number of hydrogen-bond donors (Lipinski definition) is 0. The van der Waals surface area contributed by atoms with Crippen LogP contribution in [0.2, 0.25) is 0 Å². The third kappa shape index (κ3) is 3.68. The summed E-state index contributed by atoms with van der Waals surface area (Å²) in [5.41, 5.74) is 1.01. The van der Waals surface area contributed by atoms with Gasteiger partial charge >= 0.3 is 5.97 Å². The molecular weight excluding hydrogens is 317 g/mol. The highest BCUT2D eigenvalue weighted by Crippen LogP contribution is 2.49. The summed E-state index contributed by atoms with van der Waals surface area (Å²) in [5.74, 6) is 1.39. The third-order valence-electron chi connectivity index (χ3n) is 4.55. The van der Waals surface area contributed by atoms with E-state index in [0.29, 0.717) is 6.54 Å². The summed E-state index contributed by atoms with van der Waals surface area (Å²) in [5, 5.41) is 0. The average Bonchev–Trinajstić information content (AvgIpc) is 3.36. The molecule has 1 aliphatic carbocycles. The van der Waals surface area contributed by atoms with Gasteiger partial charge in [0, 0.05) is 24.0 Å². The number of hydrogen-bond acceptors (Lipinski definition) is 4. The largest absolute Gasteiger partial charge is 0.469 e. The van der Waals surface area contributed by atoms with Crippen LogP contribution in [0.3, 0.4) is 0 Å². The summed E-state index contributed by atoms with van der Waals surface area (Å²) < 4.78 is 17.7. The Labute approximate surface area is 139 Å². The first-order valence-corrected chi connectivity index (χ1v) is 8.96. The molecular formula is C17H20FNO3S. The average molecular weight is 337 g/mol. The Balaban J connectivity index is 1.64. The number of esters is 1. The maximum absolute atomic E-state index is 13.0. The highest BCUT2D eigenvalue weighted by Gasteiger charge is 2.47. The van der Waals surface area contributed by atoms with E-state index in [9.17, 15) is 14.0 Å². The summed E-state index contributed by atoms with van der Waals surface area (Å²) in [6.07, 6.45) is 1.06. The Morgan fingerprint density at radius 2 is 2.09 bits per heavy atom. The zero-order valence-corrected chi connectivity index (χ0v) is 13.9. The molecule has 2 fully saturated rings. The standard InChI is InChI=1S/C17H20FNO3S/c1-22-16(20)8-13-10-23-7-6-19(13)17(21)15-9-14(15)11-2-4-12(18)5-3-11/h2-5,13-15H,6-10H2,1H3/t13-,14+,15-/m1/s1. The Hall–Kier alpha value is -1.56. The van der Waals surface area contributed by atoms with E-state index in [-0.39, 0.29) is 42.0 Å². The summed E-state index contributed by atoms with van der Waals surface area (Å²) in [7, 11) is 1.37. The summed E-state index contributed by atoms with van der Waals surface area (Å²) in [6.45, 7) is 0.678. The number of methoxy groups -OCH3 is 1. The molecule has 1 amide bonds. The van der Waals surface area contributed by atoms with Gasteiger partial charge in [0.05, 0.1) is 19.6 Å². The first kappa shape index (κ1) is 16.3. The van der Waals surface area contributed by atoms with Gasteiger partial charge in [0.1, 0.15) is 5.82 Å². The van der Waals surface area contributed by atoms with Crippen LogP contribution in [0.15, 0.2) is 24.3 Å². The quantitative estimate of drug-likeness (QED) is 0.792. The van der Waals surface area contributed by atoms with Crippen molar-refractivity contribution >= 4 is 23.6 Å². The van der Waals surface area contributed by atoms with Gasteiger partial charge in [-0.3, -0.25) is 9.59 Å². The zero-order chi connectivity index (χ0) is 16.4.